The number of aromatic nitrogens is 6. The van der Waals surface area contributed by atoms with Crippen molar-refractivity contribution in [3.8, 4) is 34.0 Å². The van der Waals surface area contributed by atoms with E-state index in [1.165, 1.54) is 0 Å². The zero-order chi connectivity index (χ0) is 25.2. The molecule has 0 amide bonds. The highest BCUT2D eigenvalue weighted by Crippen LogP contribution is 2.28. The van der Waals surface area contributed by atoms with Crippen LogP contribution in [0, 0.1) is 0 Å². The van der Waals surface area contributed by atoms with Crippen molar-refractivity contribution < 1.29 is 13.3 Å². The van der Waals surface area contributed by atoms with Gasteiger partial charge in [-0.1, -0.05) is 17.3 Å². The molecular weight excluding hydrogens is 472 g/mol. The van der Waals surface area contributed by atoms with E-state index in [9.17, 15) is 0 Å². The molecule has 0 radical (unpaired) electrons. The van der Waals surface area contributed by atoms with Gasteiger partial charge in [-0.05, 0) is 63.6 Å². The van der Waals surface area contributed by atoms with Gasteiger partial charge in [0, 0.05) is 50.4 Å². The second kappa shape index (κ2) is 12.6. The first kappa shape index (κ1) is 25.8. The quantitative estimate of drug-likeness (QED) is 0.237. The van der Waals surface area contributed by atoms with Crippen LogP contribution in [-0.2, 0) is 19.8 Å². The Hall–Kier alpha value is -3.31. The monoisotopic (exact) mass is 504 g/mol. The first-order valence-corrected chi connectivity index (χ1v) is 14.3. The fourth-order valence-electron chi connectivity index (χ4n) is 3.97. The molecule has 9 nitrogen and oxygen atoms in total. The number of pyridine rings is 3. The van der Waals surface area contributed by atoms with E-state index >= 15 is 0 Å². The predicted molar refractivity (Wildman–Crippen MR) is 140 cm³/mol. The lowest BCUT2D eigenvalue weighted by Crippen LogP contribution is -2.46. The average Bonchev–Trinajstić information content (AvgIpc) is 3.39. The Labute approximate surface area is 212 Å². The van der Waals surface area contributed by atoms with Gasteiger partial charge in [-0.2, -0.15) is 0 Å². The van der Waals surface area contributed by atoms with Gasteiger partial charge in [-0.15, -0.1) is 5.10 Å². The Kier molecular flexibility index (Phi) is 9.01. The number of nitrogens with zero attached hydrogens (tertiary/aromatic N) is 6. The van der Waals surface area contributed by atoms with Gasteiger partial charge < -0.3 is 13.3 Å². The van der Waals surface area contributed by atoms with Crippen LogP contribution >= 0.6 is 0 Å². The van der Waals surface area contributed by atoms with E-state index in [0.29, 0.717) is 26.4 Å². The lowest BCUT2D eigenvalue weighted by molar-refractivity contribution is 0.0704. The predicted octanol–water partition coefficient (Wildman–Crippen LogP) is 4.90. The van der Waals surface area contributed by atoms with Crippen LogP contribution < -0.4 is 0 Å². The Bertz CT molecular complexity index is 1150. The van der Waals surface area contributed by atoms with Crippen LogP contribution in [0.4, 0.5) is 0 Å². The van der Waals surface area contributed by atoms with Gasteiger partial charge in [0.05, 0.1) is 29.0 Å². The lowest BCUT2D eigenvalue weighted by atomic mass is 10.1. The van der Waals surface area contributed by atoms with E-state index in [0.717, 1.165) is 46.5 Å². The standard InChI is InChI=1S/C26H32N6O3Si/c1-4-33-36(34-5-2,35-6-3)17-11-16-32-20-26(30-31-32)21-18-24(22-12-7-9-14-27-22)29-25(19-21)23-13-8-10-15-28-23/h7-10,12-15,18-20H,4-6,11,16-17H2,1-3H3. The summed E-state index contributed by atoms with van der Waals surface area (Å²) in [5.41, 5.74) is 4.74. The third-order valence-electron chi connectivity index (χ3n) is 5.48. The zero-order valence-electron chi connectivity index (χ0n) is 21.0. The molecule has 0 aliphatic carbocycles. The van der Waals surface area contributed by atoms with Gasteiger partial charge in [0.25, 0.3) is 0 Å². The maximum absolute atomic E-state index is 5.96. The number of aryl methyl sites for hydroxylation is 1. The van der Waals surface area contributed by atoms with Gasteiger partial charge in [-0.25, -0.2) is 4.98 Å². The molecule has 0 spiro atoms. The highest BCUT2D eigenvalue weighted by Gasteiger charge is 2.39. The smallest absolute Gasteiger partial charge is 0.374 e. The van der Waals surface area contributed by atoms with Gasteiger partial charge in [0.1, 0.15) is 5.69 Å². The molecule has 0 N–H and O–H groups in total. The van der Waals surface area contributed by atoms with Gasteiger partial charge in [0.2, 0.25) is 0 Å². The average molecular weight is 505 g/mol. The van der Waals surface area contributed by atoms with E-state index in [1.54, 1.807) is 12.4 Å². The van der Waals surface area contributed by atoms with Crippen molar-refractivity contribution in [2.75, 3.05) is 19.8 Å². The normalized spacial score (nSPS) is 11.6. The second-order valence-corrected chi connectivity index (χ2v) is 10.7. The molecule has 4 rings (SSSR count). The maximum atomic E-state index is 5.96. The third-order valence-corrected chi connectivity index (χ3v) is 8.63. The zero-order valence-corrected chi connectivity index (χ0v) is 22.0. The van der Waals surface area contributed by atoms with Gasteiger partial charge in [0.15, 0.2) is 0 Å². The summed E-state index contributed by atoms with van der Waals surface area (Å²) < 4.78 is 19.7. The number of rotatable bonds is 13. The summed E-state index contributed by atoms with van der Waals surface area (Å²) >= 11 is 0. The molecule has 0 fully saturated rings. The molecule has 0 atom stereocenters. The molecule has 188 valence electrons. The molecule has 0 saturated carbocycles. The van der Waals surface area contributed by atoms with Crippen LogP contribution in [0.3, 0.4) is 0 Å². The summed E-state index contributed by atoms with van der Waals surface area (Å²) in [5, 5.41) is 8.80. The molecule has 0 bridgehead atoms. The fraction of sp³-hybridized carbons (Fsp3) is 0.346. The van der Waals surface area contributed by atoms with Crippen molar-refractivity contribution in [2.45, 2.75) is 39.8 Å². The summed E-state index contributed by atoms with van der Waals surface area (Å²) in [6.07, 6.45) is 6.28. The van der Waals surface area contributed by atoms with E-state index in [2.05, 4.69) is 20.3 Å². The van der Waals surface area contributed by atoms with Gasteiger partial charge >= 0.3 is 8.80 Å². The Morgan fingerprint density at radius 1 is 0.750 bits per heavy atom. The van der Waals surface area contributed by atoms with E-state index in [4.69, 9.17) is 18.3 Å². The van der Waals surface area contributed by atoms with E-state index in [1.807, 2.05) is 80.2 Å². The third kappa shape index (κ3) is 6.46. The number of hydrogen-bond donors (Lipinski definition) is 0. The molecule has 0 saturated heterocycles. The van der Waals surface area contributed by atoms with Crippen LogP contribution in [0.1, 0.15) is 27.2 Å². The van der Waals surface area contributed by atoms with Crippen LogP contribution in [0.25, 0.3) is 34.0 Å². The van der Waals surface area contributed by atoms with Crippen LogP contribution in [0.15, 0.2) is 67.1 Å². The van der Waals surface area contributed by atoms with Crippen molar-refractivity contribution in [3.63, 3.8) is 0 Å². The topological polar surface area (TPSA) is 97.1 Å². The number of hydrogen-bond acceptors (Lipinski definition) is 8. The Morgan fingerprint density at radius 2 is 1.33 bits per heavy atom. The molecule has 10 heteroatoms. The first-order chi connectivity index (χ1) is 17.7. The molecule has 4 aromatic rings. The first-order valence-electron chi connectivity index (χ1n) is 12.3. The highest BCUT2D eigenvalue weighted by molar-refractivity contribution is 6.60. The van der Waals surface area contributed by atoms with Gasteiger partial charge in [-0.3, -0.25) is 14.6 Å². The second-order valence-electron chi connectivity index (χ2n) is 8.01. The minimum Gasteiger partial charge on any atom is -0.374 e. The summed E-state index contributed by atoms with van der Waals surface area (Å²) in [5.74, 6) is 0. The Balaban J connectivity index is 1.56. The molecule has 4 heterocycles. The lowest BCUT2D eigenvalue weighted by Gasteiger charge is -2.28. The largest absolute Gasteiger partial charge is 0.500 e. The summed E-state index contributed by atoms with van der Waals surface area (Å²) in [4.78, 5) is 13.8. The fourth-order valence-corrected chi connectivity index (χ4v) is 6.56. The molecule has 0 aliphatic rings. The van der Waals surface area contributed by atoms with Crippen LogP contribution in [0.2, 0.25) is 6.04 Å². The minimum atomic E-state index is -2.68. The van der Waals surface area contributed by atoms with E-state index in [-0.39, 0.29) is 0 Å². The highest BCUT2D eigenvalue weighted by atomic mass is 28.4. The summed E-state index contributed by atoms with van der Waals surface area (Å²) in [7, 11) is -2.68. The van der Waals surface area contributed by atoms with Crippen molar-refractivity contribution >= 4 is 8.80 Å². The summed E-state index contributed by atoms with van der Waals surface area (Å²) in [6, 6.07) is 16.2. The maximum Gasteiger partial charge on any atom is 0.500 e. The van der Waals surface area contributed by atoms with Crippen LogP contribution in [-0.4, -0.2) is 58.6 Å². The van der Waals surface area contributed by atoms with Crippen LogP contribution in [0.5, 0.6) is 0 Å². The van der Waals surface area contributed by atoms with E-state index < -0.39 is 8.80 Å². The summed E-state index contributed by atoms with van der Waals surface area (Å²) in [6.45, 7) is 8.29. The molecule has 4 aromatic heterocycles. The molecule has 36 heavy (non-hydrogen) atoms. The van der Waals surface area contributed by atoms with Crippen molar-refractivity contribution in [3.05, 3.63) is 67.1 Å². The molecular formula is C26H32N6O3Si. The minimum absolute atomic E-state index is 0.568. The Morgan fingerprint density at radius 3 is 1.83 bits per heavy atom. The van der Waals surface area contributed by atoms with Crippen molar-refractivity contribution in [1.29, 1.82) is 0 Å². The SMILES string of the molecule is CCO[Si](CCCn1cc(-c2cc(-c3ccccn3)nc(-c3ccccn3)c2)nn1)(OCC)OCC. The molecule has 0 aliphatic heterocycles. The van der Waals surface area contributed by atoms with Crippen molar-refractivity contribution in [1.82, 2.24) is 29.9 Å². The van der Waals surface area contributed by atoms with Crippen molar-refractivity contribution in [2.24, 2.45) is 0 Å². The molecule has 0 unspecified atom stereocenters. The molecule has 0 aromatic carbocycles.